The van der Waals surface area contributed by atoms with Crippen molar-refractivity contribution in [2.75, 3.05) is 4.90 Å². The second-order valence-corrected chi connectivity index (χ2v) is 9.28. The Kier molecular flexibility index (Phi) is 3.76. The van der Waals surface area contributed by atoms with Gasteiger partial charge in [0.2, 0.25) is 11.8 Å². The van der Waals surface area contributed by atoms with Crippen LogP contribution in [0.4, 0.5) is 5.69 Å². The maximum absolute atomic E-state index is 14.2. The minimum atomic E-state index is -1.02. The summed E-state index contributed by atoms with van der Waals surface area (Å²) in [5.41, 5.74) is 3.47. The normalized spacial score (nSPS) is 26.7. The molecule has 3 aliphatic carbocycles. The van der Waals surface area contributed by atoms with Gasteiger partial charge in [-0.25, -0.2) is 4.90 Å². The molecule has 2 atom stereocenters. The third-order valence-electron chi connectivity index (χ3n) is 7.95. The summed E-state index contributed by atoms with van der Waals surface area (Å²) in [7, 11) is 0. The fourth-order valence-electron chi connectivity index (χ4n) is 6.78. The lowest BCUT2D eigenvalue weighted by Gasteiger charge is -2.52. The largest absolute Gasteiger partial charge is 0.411 e. The number of hydrogen-bond donors (Lipinski definition) is 1. The van der Waals surface area contributed by atoms with E-state index in [2.05, 4.69) is 5.16 Å². The number of anilines is 1. The number of hydrogen-bond acceptors (Lipinski definition) is 4. The molecule has 0 saturated carbocycles. The number of carbonyl (C=O) groups excluding carboxylic acids is 2. The molecule has 4 aromatic rings. The van der Waals surface area contributed by atoms with Crippen LogP contribution in [0.25, 0.3) is 10.8 Å². The number of imide groups is 1. The molecule has 5 nitrogen and oxygen atoms in total. The quantitative estimate of drug-likeness (QED) is 0.208. The van der Waals surface area contributed by atoms with E-state index in [-0.39, 0.29) is 17.7 Å². The Bertz CT molecular complexity index is 1500. The Morgan fingerprint density at radius 3 is 2.09 bits per heavy atom. The van der Waals surface area contributed by atoms with E-state index in [4.69, 9.17) is 0 Å². The molecule has 8 rings (SSSR count). The summed E-state index contributed by atoms with van der Waals surface area (Å²) in [6, 6.07) is 29.3. The summed E-state index contributed by atoms with van der Waals surface area (Å²) in [5.74, 6) is -1.95. The van der Waals surface area contributed by atoms with Gasteiger partial charge in [0.25, 0.3) is 0 Å². The van der Waals surface area contributed by atoms with E-state index in [1.807, 2.05) is 91.0 Å². The minimum absolute atomic E-state index is 0.198. The molecule has 2 bridgehead atoms. The van der Waals surface area contributed by atoms with Gasteiger partial charge in [-0.1, -0.05) is 84.9 Å². The number of amides is 2. The monoisotopic (exact) mass is 444 g/mol. The van der Waals surface area contributed by atoms with Gasteiger partial charge < -0.3 is 5.21 Å². The molecule has 1 saturated heterocycles. The molecule has 164 valence electrons. The van der Waals surface area contributed by atoms with Crippen molar-refractivity contribution in [1.82, 2.24) is 0 Å². The maximum Gasteiger partial charge on any atom is 0.239 e. The Hall–Kier alpha value is -4.25. The zero-order chi connectivity index (χ0) is 23.0. The molecule has 0 radical (unpaired) electrons. The van der Waals surface area contributed by atoms with Crippen molar-refractivity contribution in [3.8, 4) is 0 Å². The van der Waals surface area contributed by atoms with Gasteiger partial charge >= 0.3 is 0 Å². The minimum Gasteiger partial charge on any atom is -0.411 e. The van der Waals surface area contributed by atoms with Gasteiger partial charge in [-0.3, -0.25) is 9.59 Å². The van der Waals surface area contributed by atoms with Gasteiger partial charge in [0.05, 0.1) is 29.2 Å². The summed E-state index contributed by atoms with van der Waals surface area (Å²) < 4.78 is 0. The van der Waals surface area contributed by atoms with Crippen molar-refractivity contribution < 1.29 is 14.8 Å². The topological polar surface area (TPSA) is 70.0 Å². The van der Waals surface area contributed by atoms with Crippen LogP contribution in [-0.2, 0) is 15.0 Å². The molecule has 0 unspecified atom stereocenters. The number of oxime groups is 1. The van der Waals surface area contributed by atoms with Crippen LogP contribution >= 0.6 is 0 Å². The van der Waals surface area contributed by atoms with Gasteiger partial charge in [0.1, 0.15) is 0 Å². The van der Waals surface area contributed by atoms with Crippen molar-refractivity contribution in [3.63, 3.8) is 0 Å². The van der Waals surface area contributed by atoms with Gasteiger partial charge in [-0.15, -0.1) is 5.16 Å². The lowest BCUT2D eigenvalue weighted by molar-refractivity contribution is -0.122. The van der Waals surface area contributed by atoms with E-state index in [1.165, 1.54) is 11.1 Å². The summed E-state index contributed by atoms with van der Waals surface area (Å²) >= 11 is 0. The lowest BCUT2D eigenvalue weighted by Crippen LogP contribution is -2.54. The van der Waals surface area contributed by atoms with Crippen LogP contribution in [0.3, 0.4) is 0 Å². The van der Waals surface area contributed by atoms with Crippen LogP contribution in [0.15, 0.2) is 96.2 Å². The highest BCUT2D eigenvalue weighted by atomic mass is 16.4. The molecular weight excluding hydrogens is 424 g/mol. The second kappa shape index (κ2) is 6.64. The molecular formula is C29H20N2O3. The summed E-state index contributed by atoms with van der Waals surface area (Å²) in [6.07, 6.45) is 1.47. The van der Waals surface area contributed by atoms with Crippen LogP contribution in [0.1, 0.15) is 28.2 Å². The fraction of sp³-hybridized carbons (Fsp3) is 0.138. The van der Waals surface area contributed by atoms with Crippen LogP contribution in [0.5, 0.6) is 0 Å². The first-order chi connectivity index (χ1) is 16.7. The molecule has 2 amide bonds. The van der Waals surface area contributed by atoms with Crippen LogP contribution in [-0.4, -0.2) is 23.2 Å². The highest BCUT2D eigenvalue weighted by molar-refractivity contribution is 6.27. The van der Waals surface area contributed by atoms with E-state index in [9.17, 15) is 14.8 Å². The Morgan fingerprint density at radius 1 is 0.765 bits per heavy atom. The molecule has 5 heteroatoms. The van der Waals surface area contributed by atoms with Crippen LogP contribution < -0.4 is 4.90 Å². The lowest BCUT2D eigenvalue weighted by atomic mass is 9.47. The first-order valence-corrected chi connectivity index (χ1v) is 11.4. The van der Waals surface area contributed by atoms with Gasteiger partial charge in [0, 0.05) is 11.3 Å². The van der Waals surface area contributed by atoms with E-state index in [0.29, 0.717) is 5.69 Å². The molecule has 1 heterocycles. The molecule has 34 heavy (non-hydrogen) atoms. The first kappa shape index (κ1) is 19.2. The van der Waals surface area contributed by atoms with Crippen molar-refractivity contribution in [2.45, 2.75) is 11.3 Å². The zero-order valence-corrected chi connectivity index (χ0v) is 18.1. The van der Waals surface area contributed by atoms with E-state index in [1.54, 1.807) is 0 Å². The van der Waals surface area contributed by atoms with E-state index >= 15 is 0 Å². The standard InChI is InChI=1S/C29H20N2O3/c32-27-25-24-19-11-3-5-13-21(19)29(16-30-34,22-14-6-4-12-20(22)24)26(25)28(33)31(27)23-15-7-9-17-8-1-2-10-18(17)23/h1-16,24-26,34H/b30-16-/t24?,25-,26-,29?/m1/s1. The summed E-state index contributed by atoms with van der Waals surface area (Å²) in [6.45, 7) is 0. The average molecular weight is 444 g/mol. The Morgan fingerprint density at radius 2 is 1.38 bits per heavy atom. The third-order valence-corrected chi connectivity index (χ3v) is 7.95. The SMILES string of the molecule is O=C1[C@@H]2C3c4ccccc4C(/C=N\O)(c4ccccc43)[C@H]2C(=O)N1c1cccc2ccccc12. The number of fused-ring (bicyclic) bond motifs is 1. The molecule has 4 aliphatic rings. The van der Waals surface area contributed by atoms with Crippen molar-refractivity contribution >= 4 is 34.5 Å². The van der Waals surface area contributed by atoms with Gasteiger partial charge in [-0.05, 0) is 33.7 Å². The van der Waals surface area contributed by atoms with Gasteiger partial charge in [0.15, 0.2) is 0 Å². The Balaban J connectivity index is 1.53. The predicted molar refractivity (Wildman–Crippen MR) is 129 cm³/mol. The molecule has 1 N–H and O–H groups in total. The molecule has 0 spiro atoms. The average Bonchev–Trinajstić information content (AvgIpc) is 3.15. The van der Waals surface area contributed by atoms with Crippen LogP contribution in [0, 0.1) is 11.8 Å². The van der Waals surface area contributed by atoms with E-state index in [0.717, 1.165) is 33.0 Å². The number of nitrogens with zero attached hydrogens (tertiary/aromatic N) is 2. The van der Waals surface area contributed by atoms with Crippen molar-refractivity contribution in [2.24, 2.45) is 17.0 Å². The molecule has 1 aliphatic heterocycles. The second-order valence-electron chi connectivity index (χ2n) is 9.28. The van der Waals surface area contributed by atoms with E-state index < -0.39 is 17.3 Å². The molecule has 1 fully saturated rings. The highest BCUT2D eigenvalue weighted by Crippen LogP contribution is 2.63. The smallest absolute Gasteiger partial charge is 0.239 e. The number of carbonyl (C=O) groups is 2. The maximum atomic E-state index is 14.2. The number of benzene rings is 4. The zero-order valence-electron chi connectivity index (χ0n) is 18.1. The molecule has 0 aromatic heterocycles. The first-order valence-electron chi connectivity index (χ1n) is 11.4. The van der Waals surface area contributed by atoms with Gasteiger partial charge in [-0.2, -0.15) is 0 Å². The molecule has 4 aromatic carbocycles. The van der Waals surface area contributed by atoms with Crippen molar-refractivity contribution in [1.29, 1.82) is 0 Å². The summed E-state index contributed by atoms with van der Waals surface area (Å²) in [5, 5.41) is 15.2. The number of rotatable bonds is 2. The predicted octanol–water partition coefficient (Wildman–Crippen LogP) is 4.85. The third kappa shape index (κ3) is 2.12. The summed E-state index contributed by atoms with van der Waals surface area (Å²) in [4.78, 5) is 29.8. The highest BCUT2D eigenvalue weighted by Gasteiger charge is 2.68. The Labute approximate surface area is 195 Å². The fourth-order valence-corrected chi connectivity index (χ4v) is 6.78. The van der Waals surface area contributed by atoms with Crippen LogP contribution in [0.2, 0.25) is 0 Å². The van der Waals surface area contributed by atoms with Crippen molar-refractivity contribution in [3.05, 3.63) is 113 Å².